The lowest BCUT2D eigenvalue weighted by Gasteiger charge is -2.08. The van der Waals surface area contributed by atoms with E-state index in [4.69, 9.17) is 0 Å². The van der Waals surface area contributed by atoms with Crippen molar-refractivity contribution in [2.24, 2.45) is 0 Å². The molecule has 3 aromatic rings. The molecule has 0 spiro atoms. The quantitative estimate of drug-likeness (QED) is 0.726. The van der Waals surface area contributed by atoms with Gasteiger partial charge in [0, 0.05) is 11.6 Å². The van der Waals surface area contributed by atoms with E-state index in [-0.39, 0.29) is 4.90 Å². The molecule has 1 aromatic heterocycles. The molecular weight excluding hydrogens is 277 g/mol. The van der Waals surface area contributed by atoms with Crippen LogP contribution >= 0.6 is 0 Å². The third kappa shape index (κ3) is 1.82. The van der Waals surface area contributed by atoms with Crippen molar-refractivity contribution in [1.29, 1.82) is 0 Å². The van der Waals surface area contributed by atoms with E-state index in [0.717, 1.165) is 21.0 Å². The van der Waals surface area contributed by atoms with E-state index in [1.807, 2.05) is 13.0 Å². The highest BCUT2D eigenvalue weighted by Gasteiger charge is 2.22. The number of benzene rings is 2. The number of aromatic nitrogens is 1. The van der Waals surface area contributed by atoms with Gasteiger partial charge in [-0.2, -0.15) is 0 Å². The van der Waals surface area contributed by atoms with Crippen LogP contribution in [-0.2, 0) is 10.0 Å². The average molecular weight is 289 g/mol. The molecule has 0 bridgehead atoms. The molecule has 3 rings (SSSR count). The van der Waals surface area contributed by atoms with Crippen molar-refractivity contribution in [3.63, 3.8) is 0 Å². The Balaban J connectivity index is 2.31. The first-order valence-corrected chi connectivity index (χ1v) is 7.52. The number of fused-ring (bicyclic) bond motifs is 1. The maximum Gasteiger partial charge on any atom is 0.271 e. The molecule has 1 heterocycles. The number of aryl methyl sites for hydroxylation is 1. The fourth-order valence-electron chi connectivity index (χ4n) is 2.27. The molecule has 0 fully saturated rings. The lowest BCUT2D eigenvalue weighted by Crippen LogP contribution is -2.13. The molecule has 0 N–H and O–H groups in total. The normalized spacial score (nSPS) is 11.9. The van der Waals surface area contributed by atoms with Crippen LogP contribution in [0.1, 0.15) is 5.56 Å². The van der Waals surface area contributed by atoms with Crippen LogP contribution in [0.15, 0.2) is 59.6 Å². The highest BCUT2D eigenvalue weighted by Crippen LogP contribution is 2.25. The Morgan fingerprint density at radius 1 is 1.00 bits per heavy atom. The molecule has 2 aromatic carbocycles. The van der Waals surface area contributed by atoms with Gasteiger partial charge < -0.3 is 0 Å². The first-order valence-electron chi connectivity index (χ1n) is 6.08. The van der Waals surface area contributed by atoms with Gasteiger partial charge in [-0.25, -0.2) is 16.8 Å². The molecule has 0 unspecified atom stereocenters. The van der Waals surface area contributed by atoms with Gasteiger partial charge in [-0.15, -0.1) is 0 Å². The highest BCUT2D eigenvalue weighted by molar-refractivity contribution is 7.90. The second kappa shape index (κ2) is 4.45. The Kier molecular flexibility index (Phi) is 2.87. The zero-order valence-electron chi connectivity index (χ0n) is 10.7. The molecule has 102 valence electrons. The number of nitrogens with zero attached hydrogens (tertiary/aromatic N) is 1. The van der Waals surface area contributed by atoms with Crippen molar-refractivity contribution in [3.05, 3.63) is 66.1 Å². The molecular formula is C15H12FNO2S. The summed E-state index contributed by atoms with van der Waals surface area (Å²) >= 11 is 0. The molecule has 0 aliphatic carbocycles. The highest BCUT2D eigenvalue weighted by atomic mass is 32.2. The number of hydrogen-bond acceptors (Lipinski definition) is 2. The minimum atomic E-state index is -3.93. The molecule has 0 saturated carbocycles. The largest absolute Gasteiger partial charge is 0.271 e. The minimum absolute atomic E-state index is 0.320. The van der Waals surface area contributed by atoms with Crippen LogP contribution in [0.3, 0.4) is 0 Å². The second-order valence-corrected chi connectivity index (χ2v) is 6.34. The van der Waals surface area contributed by atoms with E-state index in [9.17, 15) is 12.8 Å². The molecule has 5 heteroatoms. The summed E-state index contributed by atoms with van der Waals surface area (Å²) in [4.78, 5) is -0.320. The number of hydrogen-bond donors (Lipinski definition) is 0. The van der Waals surface area contributed by atoms with Gasteiger partial charge in [-0.05, 0) is 36.8 Å². The van der Waals surface area contributed by atoms with Crippen molar-refractivity contribution in [3.8, 4) is 0 Å². The van der Waals surface area contributed by atoms with Gasteiger partial charge in [0.05, 0.1) is 5.52 Å². The molecule has 20 heavy (non-hydrogen) atoms. The van der Waals surface area contributed by atoms with Crippen LogP contribution in [0.5, 0.6) is 0 Å². The zero-order valence-corrected chi connectivity index (χ0v) is 11.6. The van der Waals surface area contributed by atoms with Gasteiger partial charge in [0.25, 0.3) is 10.0 Å². The van der Waals surface area contributed by atoms with Gasteiger partial charge in [0.2, 0.25) is 0 Å². The topological polar surface area (TPSA) is 39.1 Å². The van der Waals surface area contributed by atoms with Gasteiger partial charge in [0.15, 0.2) is 0 Å². The molecule has 0 aliphatic rings. The average Bonchev–Trinajstić information content (AvgIpc) is 2.85. The maximum atomic E-state index is 13.8. The van der Waals surface area contributed by atoms with E-state index in [0.29, 0.717) is 5.52 Å². The first-order chi connectivity index (χ1) is 9.51. The van der Waals surface area contributed by atoms with Crippen molar-refractivity contribution in [1.82, 2.24) is 3.97 Å². The van der Waals surface area contributed by atoms with Crippen LogP contribution < -0.4 is 0 Å². The summed E-state index contributed by atoms with van der Waals surface area (Å²) in [5, 5.41) is 0.840. The van der Waals surface area contributed by atoms with Crippen LogP contribution in [-0.4, -0.2) is 12.4 Å². The van der Waals surface area contributed by atoms with Crippen molar-refractivity contribution >= 4 is 20.9 Å². The minimum Gasteiger partial charge on any atom is -0.241 e. The Morgan fingerprint density at radius 2 is 1.75 bits per heavy atom. The van der Waals surface area contributed by atoms with Gasteiger partial charge in [-0.1, -0.05) is 24.3 Å². The third-order valence-corrected chi connectivity index (χ3v) is 5.01. The van der Waals surface area contributed by atoms with Gasteiger partial charge in [-0.3, -0.25) is 0 Å². The summed E-state index contributed by atoms with van der Waals surface area (Å²) in [5.41, 5.74) is 1.53. The van der Waals surface area contributed by atoms with Crippen LogP contribution in [0, 0.1) is 12.7 Å². The van der Waals surface area contributed by atoms with Gasteiger partial charge in [0.1, 0.15) is 10.7 Å². The van der Waals surface area contributed by atoms with E-state index in [2.05, 4.69) is 0 Å². The van der Waals surface area contributed by atoms with Crippen LogP contribution in [0.2, 0.25) is 0 Å². The molecule has 0 radical (unpaired) electrons. The van der Waals surface area contributed by atoms with E-state index in [1.165, 1.54) is 24.4 Å². The second-order valence-electron chi connectivity index (χ2n) is 4.55. The van der Waals surface area contributed by atoms with Gasteiger partial charge >= 0.3 is 0 Å². The third-order valence-electron chi connectivity index (χ3n) is 3.29. The fraction of sp³-hybridized carbons (Fsp3) is 0.0667. The predicted molar refractivity (Wildman–Crippen MR) is 75.7 cm³/mol. The predicted octanol–water partition coefficient (Wildman–Crippen LogP) is 3.33. The smallest absolute Gasteiger partial charge is 0.241 e. The standard InChI is InChI=1S/C15H12FNO2S/c1-11-5-4-7-14-12(11)9-10-17(14)20(18,19)15-8-3-2-6-13(15)16/h2-10H,1H3. The van der Waals surface area contributed by atoms with E-state index >= 15 is 0 Å². The summed E-state index contributed by atoms with van der Waals surface area (Å²) in [6.45, 7) is 1.91. The van der Waals surface area contributed by atoms with E-state index < -0.39 is 15.8 Å². The lowest BCUT2D eigenvalue weighted by atomic mass is 10.1. The van der Waals surface area contributed by atoms with Crippen molar-refractivity contribution < 1.29 is 12.8 Å². The Bertz CT molecular complexity index is 897. The SMILES string of the molecule is Cc1cccc2c1ccn2S(=O)(=O)c1ccccc1F. The first kappa shape index (κ1) is 12.9. The summed E-state index contributed by atoms with van der Waals surface area (Å²) in [7, 11) is -3.93. The molecule has 0 amide bonds. The molecule has 0 aliphatic heterocycles. The lowest BCUT2D eigenvalue weighted by molar-refractivity contribution is 0.562. The molecule has 3 nitrogen and oxygen atoms in total. The van der Waals surface area contributed by atoms with Crippen LogP contribution in [0.25, 0.3) is 10.9 Å². The zero-order chi connectivity index (χ0) is 14.3. The van der Waals surface area contributed by atoms with Crippen molar-refractivity contribution in [2.45, 2.75) is 11.8 Å². The van der Waals surface area contributed by atoms with Crippen molar-refractivity contribution in [2.75, 3.05) is 0 Å². The Morgan fingerprint density at radius 3 is 2.50 bits per heavy atom. The van der Waals surface area contributed by atoms with Crippen LogP contribution in [0.4, 0.5) is 4.39 Å². The molecule has 0 atom stereocenters. The summed E-state index contributed by atoms with van der Waals surface area (Å²) in [6, 6.07) is 12.5. The number of rotatable bonds is 2. The Labute approximate surface area is 116 Å². The monoisotopic (exact) mass is 289 g/mol. The molecule has 0 saturated heterocycles. The summed E-state index contributed by atoms with van der Waals surface area (Å²) < 4.78 is 40.0. The fourth-order valence-corrected chi connectivity index (χ4v) is 3.68. The van der Waals surface area contributed by atoms with E-state index in [1.54, 1.807) is 18.2 Å². The number of halogens is 1. The Hall–Kier alpha value is -2.14. The summed E-state index contributed by atoms with van der Waals surface area (Å²) in [5.74, 6) is -0.748. The summed E-state index contributed by atoms with van der Waals surface area (Å²) in [6.07, 6.45) is 1.46. The maximum absolute atomic E-state index is 13.8.